The Kier molecular flexibility index (Phi) is 4.63. The summed E-state index contributed by atoms with van der Waals surface area (Å²) in [5.74, 6) is -1.20. The second kappa shape index (κ2) is 6.92. The van der Waals surface area contributed by atoms with Crippen LogP contribution in [-0.2, 0) is 23.9 Å². The molecule has 168 valence electrons. The number of aliphatic carboxylic acids is 1. The molecule has 0 amide bonds. The largest absolute Gasteiger partial charge is 0.481 e. The highest BCUT2D eigenvalue weighted by molar-refractivity contribution is 5.81. The summed E-state index contributed by atoms with van der Waals surface area (Å²) in [4.78, 5) is 36.2. The van der Waals surface area contributed by atoms with Crippen LogP contribution in [0.15, 0.2) is 23.8 Å². The fourth-order valence-electron chi connectivity index (χ4n) is 7.74. The third-order valence-electron chi connectivity index (χ3n) is 9.03. The predicted octanol–water partition coefficient (Wildman–Crippen LogP) is 2.77. The number of ether oxygens (including phenoxy) is 2. The molecule has 5 aliphatic rings. The van der Waals surface area contributed by atoms with Gasteiger partial charge in [0.05, 0.1) is 11.0 Å². The van der Waals surface area contributed by atoms with Crippen molar-refractivity contribution in [3.05, 3.63) is 23.8 Å². The van der Waals surface area contributed by atoms with Gasteiger partial charge >= 0.3 is 17.9 Å². The van der Waals surface area contributed by atoms with E-state index in [1.165, 1.54) is 6.92 Å². The van der Waals surface area contributed by atoms with E-state index in [9.17, 15) is 24.6 Å². The van der Waals surface area contributed by atoms with Crippen LogP contribution in [0.1, 0.15) is 58.3 Å². The van der Waals surface area contributed by atoms with Gasteiger partial charge in [-0.2, -0.15) is 0 Å². The summed E-state index contributed by atoms with van der Waals surface area (Å²) in [6, 6.07) is 0. The first-order valence-electron chi connectivity index (χ1n) is 11.4. The molecule has 2 bridgehead atoms. The highest BCUT2D eigenvalue weighted by Gasteiger charge is 2.71. The van der Waals surface area contributed by atoms with Crippen molar-refractivity contribution in [2.75, 3.05) is 6.61 Å². The standard InChI is InChI=1S/C24H30O7/c1-14(25)31-16-4-8-22-13-30-21(28)24-11-6-18(22)17(3-2-15(22)12-16)19(24)5-9-23(24,29)10-7-20(26)27/h2-3,12,16-19,29H,4-11,13H2,1H3,(H,26,27)/t16-,17+,18?,19-,22+,23+,24-/m0/s1. The SMILES string of the molecule is CC(=O)O[C@@H]1C=C2C=C[C@@H]3C4CC[C@@]5(C(=O)OC[C@]24CC1)[C@H]3CC[C@@]5(O)CCC(=O)O. The van der Waals surface area contributed by atoms with Gasteiger partial charge in [-0.1, -0.05) is 12.2 Å². The lowest BCUT2D eigenvalue weighted by Crippen LogP contribution is -2.63. The summed E-state index contributed by atoms with van der Waals surface area (Å²) in [7, 11) is 0. The van der Waals surface area contributed by atoms with Gasteiger partial charge in [-0.3, -0.25) is 14.4 Å². The Labute approximate surface area is 181 Å². The number of hydrogen-bond acceptors (Lipinski definition) is 6. The minimum atomic E-state index is -1.33. The number of carbonyl (C=O) groups is 3. The van der Waals surface area contributed by atoms with Gasteiger partial charge in [-0.25, -0.2) is 0 Å². The second-order valence-corrected chi connectivity index (χ2v) is 10.2. The maximum atomic E-state index is 13.6. The number of cyclic esters (lactones) is 1. The smallest absolute Gasteiger partial charge is 0.315 e. The first kappa shape index (κ1) is 20.7. The van der Waals surface area contributed by atoms with E-state index >= 15 is 0 Å². The Bertz CT molecular complexity index is 890. The summed E-state index contributed by atoms with van der Waals surface area (Å²) in [6.07, 6.45) is 9.94. The van der Waals surface area contributed by atoms with Gasteiger partial charge in [0.1, 0.15) is 12.7 Å². The molecule has 1 aliphatic heterocycles. The number of aliphatic hydroxyl groups is 1. The van der Waals surface area contributed by atoms with Gasteiger partial charge in [0.25, 0.3) is 0 Å². The maximum absolute atomic E-state index is 13.6. The molecule has 0 aromatic rings. The van der Waals surface area contributed by atoms with Crippen molar-refractivity contribution in [2.45, 2.75) is 70.0 Å². The van der Waals surface area contributed by atoms with E-state index in [-0.39, 0.29) is 54.7 Å². The van der Waals surface area contributed by atoms with Gasteiger partial charge in [-0.05, 0) is 74.3 Å². The van der Waals surface area contributed by atoms with Crippen LogP contribution in [0.3, 0.4) is 0 Å². The fourth-order valence-corrected chi connectivity index (χ4v) is 7.74. The molecular weight excluding hydrogens is 400 g/mol. The molecule has 2 N–H and O–H groups in total. The van der Waals surface area contributed by atoms with Crippen LogP contribution in [-0.4, -0.2) is 46.4 Å². The summed E-state index contributed by atoms with van der Waals surface area (Å²) < 4.78 is 11.4. The molecule has 7 atom stereocenters. The molecule has 7 heteroatoms. The molecule has 0 radical (unpaired) electrons. The Morgan fingerprint density at radius 2 is 1.97 bits per heavy atom. The Morgan fingerprint density at radius 1 is 1.19 bits per heavy atom. The molecule has 1 saturated heterocycles. The number of fused-ring (bicyclic) bond motifs is 2. The molecule has 5 rings (SSSR count). The molecule has 0 aromatic heterocycles. The van der Waals surface area contributed by atoms with E-state index in [1.807, 2.05) is 6.08 Å². The Morgan fingerprint density at radius 3 is 2.71 bits per heavy atom. The van der Waals surface area contributed by atoms with Crippen LogP contribution < -0.4 is 0 Å². The van der Waals surface area contributed by atoms with E-state index in [1.54, 1.807) is 0 Å². The number of carbonyl (C=O) groups excluding carboxylic acids is 2. The van der Waals surface area contributed by atoms with Gasteiger partial charge in [-0.15, -0.1) is 0 Å². The lowest BCUT2D eigenvalue weighted by Gasteiger charge is -2.60. The molecule has 2 spiro atoms. The van der Waals surface area contributed by atoms with E-state index in [2.05, 4.69) is 12.2 Å². The molecule has 1 heterocycles. The van der Waals surface area contributed by atoms with Crippen LogP contribution in [0.5, 0.6) is 0 Å². The average molecular weight is 430 g/mol. The highest BCUT2D eigenvalue weighted by atomic mass is 16.5. The number of esters is 2. The predicted molar refractivity (Wildman–Crippen MR) is 109 cm³/mol. The Balaban J connectivity index is 1.54. The van der Waals surface area contributed by atoms with E-state index in [0.717, 1.165) is 18.4 Å². The number of carboxylic acids is 1. The summed E-state index contributed by atoms with van der Waals surface area (Å²) >= 11 is 0. The molecule has 2 saturated carbocycles. The van der Waals surface area contributed by atoms with Crippen LogP contribution in [0.25, 0.3) is 0 Å². The molecule has 3 fully saturated rings. The van der Waals surface area contributed by atoms with Gasteiger partial charge in [0.15, 0.2) is 0 Å². The van der Waals surface area contributed by atoms with Crippen molar-refractivity contribution in [3.8, 4) is 0 Å². The third-order valence-corrected chi connectivity index (χ3v) is 9.03. The van der Waals surface area contributed by atoms with Gasteiger partial charge in [0, 0.05) is 18.8 Å². The number of allylic oxidation sites excluding steroid dienone is 2. The fraction of sp³-hybridized carbons (Fsp3) is 0.708. The third kappa shape index (κ3) is 2.78. The highest BCUT2D eigenvalue weighted by Crippen LogP contribution is 2.69. The lowest BCUT2D eigenvalue weighted by atomic mass is 9.46. The molecule has 4 aliphatic carbocycles. The number of hydrogen-bond donors (Lipinski definition) is 2. The summed E-state index contributed by atoms with van der Waals surface area (Å²) in [5, 5.41) is 20.8. The molecule has 1 unspecified atom stereocenters. The number of rotatable bonds is 4. The molecule has 7 nitrogen and oxygen atoms in total. The average Bonchev–Trinajstić information content (AvgIpc) is 3.03. The van der Waals surface area contributed by atoms with E-state index in [0.29, 0.717) is 31.6 Å². The monoisotopic (exact) mass is 430 g/mol. The zero-order valence-electron chi connectivity index (χ0n) is 17.8. The summed E-state index contributed by atoms with van der Waals surface area (Å²) in [5.41, 5.74) is -1.54. The first-order valence-corrected chi connectivity index (χ1v) is 11.4. The van der Waals surface area contributed by atoms with Crippen molar-refractivity contribution < 1.29 is 34.1 Å². The Hall–Kier alpha value is -2.15. The van der Waals surface area contributed by atoms with Crippen molar-refractivity contribution in [3.63, 3.8) is 0 Å². The van der Waals surface area contributed by atoms with Crippen LogP contribution in [0, 0.1) is 28.6 Å². The van der Waals surface area contributed by atoms with Crippen molar-refractivity contribution in [1.29, 1.82) is 0 Å². The van der Waals surface area contributed by atoms with E-state index in [4.69, 9.17) is 9.47 Å². The molecule has 0 aromatic carbocycles. The van der Waals surface area contributed by atoms with Crippen LogP contribution in [0.2, 0.25) is 0 Å². The van der Waals surface area contributed by atoms with Crippen LogP contribution in [0.4, 0.5) is 0 Å². The maximum Gasteiger partial charge on any atom is 0.315 e. The van der Waals surface area contributed by atoms with Crippen LogP contribution >= 0.6 is 0 Å². The zero-order chi connectivity index (χ0) is 22.0. The molecular formula is C24H30O7. The van der Waals surface area contributed by atoms with E-state index < -0.39 is 17.0 Å². The van der Waals surface area contributed by atoms with Crippen molar-refractivity contribution in [2.24, 2.45) is 28.6 Å². The second-order valence-electron chi connectivity index (χ2n) is 10.2. The van der Waals surface area contributed by atoms with Gasteiger partial charge in [0.2, 0.25) is 0 Å². The quantitative estimate of drug-likeness (QED) is 0.660. The van der Waals surface area contributed by atoms with Crippen molar-refractivity contribution in [1.82, 2.24) is 0 Å². The summed E-state index contributed by atoms with van der Waals surface area (Å²) in [6.45, 7) is 1.68. The van der Waals surface area contributed by atoms with Crippen molar-refractivity contribution >= 4 is 17.9 Å². The normalized spacial score (nSPS) is 45.0. The number of carboxylic acid groups (broad SMARTS) is 1. The first-order chi connectivity index (χ1) is 14.7. The van der Waals surface area contributed by atoms with Gasteiger partial charge < -0.3 is 19.7 Å². The minimum Gasteiger partial charge on any atom is -0.481 e. The topological polar surface area (TPSA) is 110 Å². The zero-order valence-corrected chi connectivity index (χ0v) is 17.8. The molecule has 31 heavy (non-hydrogen) atoms. The minimum absolute atomic E-state index is 0.0429. The lowest BCUT2D eigenvalue weighted by molar-refractivity contribution is -0.206.